The molecule has 106 valence electrons. The van der Waals surface area contributed by atoms with E-state index >= 15 is 0 Å². The largest absolute Gasteiger partial charge is 0.352 e. The van der Waals surface area contributed by atoms with Crippen molar-refractivity contribution >= 4 is 35.1 Å². The van der Waals surface area contributed by atoms with E-state index in [9.17, 15) is 4.79 Å². The smallest absolute Gasteiger partial charge is 0.252 e. The number of hydrogen-bond acceptors (Lipinski definition) is 5. The molecule has 0 aliphatic rings. The van der Waals surface area contributed by atoms with Crippen LogP contribution in [0.1, 0.15) is 29.6 Å². The Morgan fingerprint density at radius 3 is 2.89 bits per heavy atom. The lowest BCUT2D eigenvalue weighted by Crippen LogP contribution is -2.24. The normalized spacial score (nSPS) is 10.3. The number of nitrogen functional groups attached to an aromatic ring is 1. The number of unbranched alkanes of at least 4 members (excludes halogenated alkanes) is 2. The Morgan fingerprint density at radius 1 is 1.47 bits per heavy atom. The number of hydrazine groups is 1. The number of carbonyl (C=O) groups excluding carboxylic acids is 1. The molecule has 0 aromatic carbocycles. The number of nitrogens with zero attached hydrogens (tertiary/aromatic N) is 1. The maximum absolute atomic E-state index is 11.8. The fourth-order valence-corrected chi connectivity index (χ4v) is 2.23. The number of pyridine rings is 1. The van der Waals surface area contributed by atoms with Crippen molar-refractivity contribution < 1.29 is 4.79 Å². The minimum atomic E-state index is -0.164. The molecule has 1 heterocycles. The van der Waals surface area contributed by atoms with Gasteiger partial charge in [-0.05, 0) is 30.9 Å². The first kappa shape index (κ1) is 16.1. The van der Waals surface area contributed by atoms with Gasteiger partial charge in [0.05, 0.1) is 10.6 Å². The molecule has 0 radical (unpaired) electrons. The molecule has 0 fully saturated rings. The monoisotopic (exact) mass is 302 g/mol. The number of thioether (sulfide) groups is 1. The number of rotatable bonds is 8. The molecule has 0 aliphatic carbocycles. The number of carbonyl (C=O) groups is 1. The van der Waals surface area contributed by atoms with Crippen molar-refractivity contribution in [1.29, 1.82) is 0 Å². The summed E-state index contributed by atoms with van der Waals surface area (Å²) in [4.78, 5) is 15.8. The first-order valence-corrected chi connectivity index (χ1v) is 7.85. The quantitative estimate of drug-likeness (QED) is 0.390. The fourth-order valence-electron chi connectivity index (χ4n) is 1.52. The Kier molecular flexibility index (Phi) is 7.62. The van der Waals surface area contributed by atoms with Crippen LogP contribution in [0, 0.1) is 0 Å². The molecule has 7 heteroatoms. The highest BCUT2D eigenvalue weighted by Gasteiger charge is 2.08. The summed E-state index contributed by atoms with van der Waals surface area (Å²) in [6.45, 7) is 0.668. The molecule has 1 aromatic rings. The van der Waals surface area contributed by atoms with Crippen molar-refractivity contribution in [2.45, 2.75) is 19.3 Å². The van der Waals surface area contributed by atoms with Crippen LogP contribution in [0.2, 0.25) is 5.02 Å². The molecule has 0 spiro atoms. The second-order valence-corrected chi connectivity index (χ2v) is 5.40. The summed E-state index contributed by atoms with van der Waals surface area (Å²) < 4.78 is 0. The van der Waals surface area contributed by atoms with E-state index < -0.39 is 0 Å². The molecule has 5 nitrogen and oxygen atoms in total. The Hall–Kier alpha value is -0.980. The predicted octanol–water partition coefficient (Wildman–Crippen LogP) is 2.28. The van der Waals surface area contributed by atoms with Crippen LogP contribution in [-0.2, 0) is 0 Å². The van der Waals surface area contributed by atoms with Gasteiger partial charge in [-0.25, -0.2) is 10.8 Å². The maximum Gasteiger partial charge on any atom is 0.252 e. The van der Waals surface area contributed by atoms with Gasteiger partial charge in [-0.15, -0.1) is 0 Å². The van der Waals surface area contributed by atoms with E-state index in [0.29, 0.717) is 22.9 Å². The first-order valence-electron chi connectivity index (χ1n) is 6.08. The molecule has 19 heavy (non-hydrogen) atoms. The van der Waals surface area contributed by atoms with Crippen LogP contribution in [0.25, 0.3) is 0 Å². The zero-order chi connectivity index (χ0) is 14.1. The zero-order valence-corrected chi connectivity index (χ0v) is 12.5. The predicted molar refractivity (Wildman–Crippen MR) is 81.6 cm³/mol. The highest BCUT2D eigenvalue weighted by molar-refractivity contribution is 7.98. The van der Waals surface area contributed by atoms with Crippen LogP contribution in [0.5, 0.6) is 0 Å². The van der Waals surface area contributed by atoms with Crippen molar-refractivity contribution in [2.24, 2.45) is 5.84 Å². The fraction of sp³-hybridized carbons (Fsp3) is 0.500. The van der Waals surface area contributed by atoms with Crippen LogP contribution in [0.15, 0.2) is 12.3 Å². The molecule has 1 amide bonds. The summed E-state index contributed by atoms with van der Waals surface area (Å²) in [5, 5.41) is 3.17. The maximum atomic E-state index is 11.8. The topological polar surface area (TPSA) is 80.0 Å². The molecule has 0 unspecified atom stereocenters. The molecule has 1 aromatic heterocycles. The van der Waals surface area contributed by atoms with E-state index in [0.717, 1.165) is 12.8 Å². The lowest BCUT2D eigenvalue weighted by Gasteiger charge is -2.07. The Labute approximate surface area is 122 Å². The Balaban J connectivity index is 2.35. The Bertz CT molecular complexity index is 417. The lowest BCUT2D eigenvalue weighted by atomic mass is 10.2. The SMILES string of the molecule is CSCCCCCNC(=O)c1cnc(NN)c(Cl)c1. The van der Waals surface area contributed by atoms with E-state index in [1.165, 1.54) is 18.4 Å². The van der Waals surface area contributed by atoms with Gasteiger partial charge in [0.25, 0.3) is 5.91 Å². The average Bonchev–Trinajstić information content (AvgIpc) is 2.42. The van der Waals surface area contributed by atoms with Gasteiger partial charge < -0.3 is 10.7 Å². The van der Waals surface area contributed by atoms with Gasteiger partial charge in [0.1, 0.15) is 0 Å². The number of anilines is 1. The molecule has 0 saturated heterocycles. The summed E-state index contributed by atoms with van der Waals surface area (Å²) in [7, 11) is 0. The molecule has 0 aliphatic heterocycles. The summed E-state index contributed by atoms with van der Waals surface area (Å²) in [5.74, 6) is 6.58. The summed E-state index contributed by atoms with van der Waals surface area (Å²) in [6, 6.07) is 1.55. The number of nitrogens with one attached hydrogen (secondary N) is 2. The molecule has 4 N–H and O–H groups in total. The molecule has 0 atom stereocenters. The van der Waals surface area contributed by atoms with Gasteiger partial charge in [-0.2, -0.15) is 11.8 Å². The standard InChI is InChI=1S/C12H19ClN4OS/c1-19-6-4-2-3-5-15-12(18)9-7-10(13)11(17-14)16-8-9/h7-8H,2-6,14H2,1H3,(H,15,18)(H,16,17). The van der Waals surface area contributed by atoms with Gasteiger partial charge in [0.2, 0.25) is 0 Å². The molecule has 0 bridgehead atoms. The van der Waals surface area contributed by atoms with Crippen LogP contribution < -0.4 is 16.6 Å². The molecule has 1 rings (SSSR count). The van der Waals surface area contributed by atoms with Gasteiger partial charge in [0.15, 0.2) is 5.82 Å². The number of aromatic nitrogens is 1. The van der Waals surface area contributed by atoms with Crippen LogP contribution in [0.4, 0.5) is 5.82 Å². The van der Waals surface area contributed by atoms with Crippen LogP contribution >= 0.6 is 23.4 Å². The average molecular weight is 303 g/mol. The summed E-state index contributed by atoms with van der Waals surface area (Å²) >= 11 is 7.75. The van der Waals surface area contributed by atoms with Crippen molar-refractivity contribution in [3.63, 3.8) is 0 Å². The Morgan fingerprint density at radius 2 is 2.26 bits per heavy atom. The molecular weight excluding hydrogens is 284 g/mol. The van der Waals surface area contributed by atoms with Crippen molar-refractivity contribution in [2.75, 3.05) is 24.0 Å². The van der Waals surface area contributed by atoms with Gasteiger partial charge in [0, 0.05) is 12.7 Å². The van der Waals surface area contributed by atoms with Crippen molar-refractivity contribution in [1.82, 2.24) is 10.3 Å². The third-order valence-electron chi connectivity index (χ3n) is 2.55. The first-order chi connectivity index (χ1) is 9.19. The number of nitrogens with two attached hydrogens (primary N) is 1. The van der Waals surface area contributed by atoms with E-state index in [2.05, 4.69) is 22.0 Å². The molecule has 0 saturated carbocycles. The number of halogens is 1. The van der Waals surface area contributed by atoms with Crippen LogP contribution in [0.3, 0.4) is 0 Å². The second kappa shape index (κ2) is 9.01. The minimum absolute atomic E-state index is 0.164. The summed E-state index contributed by atoms with van der Waals surface area (Å²) in [5.41, 5.74) is 2.79. The van der Waals surface area contributed by atoms with Crippen LogP contribution in [-0.4, -0.2) is 29.4 Å². The number of amides is 1. The van der Waals surface area contributed by atoms with E-state index in [-0.39, 0.29) is 5.91 Å². The number of hydrogen-bond donors (Lipinski definition) is 3. The second-order valence-electron chi connectivity index (χ2n) is 4.01. The summed E-state index contributed by atoms with van der Waals surface area (Å²) in [6.07, 6.45) is 6.83. The van der Waals surface area contributed by atoms with Gasteiger partial charge in [-0.1, -0.05) is 18.0 Å². The van der Waals surface area contributed by atoms with Crippen molar-refractivity contribution in [3.8, 4) is 0 Å². The minimum Gasteiger partial charge on any atom is -0.352 e. The third kappa shape index (κ3) is 5.67. The van der Waals surface area contributed by atoms with E-state index in [4.69, 9.17) is 17.4 Å². The van der Waals surface area contributed by atoms with Gasteiger partial charge >= 0.3 is 0 Å². The highest BCUT2D eigenvalue weighted by Crippen LogP contribution is 2.18. The zero-order valence-electron chi connectivity index (χ0n) is 10.9. The van der Waals surface area contributed by atoms with Gasteiger partial charge in [-0.3, -0.25) is 4.79 Å². The van der Waals surface area contributed by atoms with E-state index in [1.807, 2.05) is 11.8 Å². The van der Waals surface area contributed by atoms with E-state index in [1.54, 1.807) is 6.07 Å². The third-order valence-corrected chi connectivity index (χ3v) is 3.54. The lowest BCUT2D eigenvalue weighted by molar-refractivity contribution is 0.0952. The molecular formula is C12H19ClN4OS. The van der Waals surface area contributed by atoms with Crippen molar-refractivity contribution in [3.05, 3.63) is 22.8 Å². The highest BCUT2D eigenvalue weighted by atomic mass is 35.5.